The number of anilines is 1. The van der Waals surface area contributed by atoms with Gasteiger partial charge < -0.3 is 14.8 Å². The van der Waals surface area contributed by atoms with Crippen molar-refractivity contribution in [1.29, 1.82) is 0 Å². The minimum atomic E-state index is -3.69. The molecule has 0 aliphatic carbocycles. The number of carbonyl (C=O) groups is 1. The number of rotatable bonds is 5. The zero-order valence-electron chi connectivity index (χ0n) is 12.9. The lowest BCUT2D eigenvalue weighted by Crippen LogP contribution is -2.25. The van der Waals surface area contributed by atoms with Crippen molar-refractivity contribution in [3.8, 4) is 22.2 Å². The molecular formula is C15H10F2N4O3S2. The summed E-state index contributed by atoms with van der Waals surface area (Å²) in [5.74, 6) is 0.161. The number of fused-ring (bicyclic) bond motifs is 1. The number of amides is 1. The molecule has 1 aliphatic rings. The number of alkyl halides is 2. The molecule has 2 N–H and O–H groups in total. The molecule has 2 aromatic heterocycles. The molecule has 0 spiro atoms. The monoisotopic (exact) mass is 396 g/mol. The number of hydrogen-bond acceptors (Lipinski definition) is 7. The van der Waals surface area contributed by atoms with Gasteiger partial charge in [0, 0.05) is 11.8 Å². The molecule has 134 valence electrons. The maximum absolute atomic E-state index is 13.0. The number of H-pyrrole nitrogens is 1. The highest BCUT2D eigenvalue weighted by Gasteiger charge is 2.43. The highest BCUT2D eigenvalue weighted by molar-refractivity contribution is 7.99. The smallest absolute Gasteiger partial charge is 0.395 e. The average molecular weight is 396 g/mol. The molecule has 1 amide bonds. The second-order valence-corrected chi connectivity index (χ2v) is 7.00. The minimum absolute atomic E-state index is 0.0618. The Labute approximate surface area is 153 Å². The predicted octanol–water partition coefficient (Wildman–Crippen LogP) is 3.59. The van der Waals surface area contributed by atoms with E-state index < -0.39 is 6.29 Å². The number of benzene rings is 1. The van der Waals surface area contributed by atoms with Gasteiger partial charge in [-0.15, -0.1) is 25.2 Å². The number of carbonyl (C=O) groups excluding carboxylic acids is 1. The van der Waals surface area contributed by atoms with Crippen LogP contribution in [0.1, 0.15) is 0 Å². The van der Waals surface area contributed by atoms with Crippen molar-refractivity contribution in [2.45, 2.75) is 11.5 Å². The quantitative estimate of drug-likeness (QED) is 0.641. The number of halogens is 2. The maximum Gasteiger partial charge on any atom is 0.586 e. The zero-order valence-corrected chi connectivity index (χ0v) is 14.5. The maximum atomic E-state index is 13.0. The van der Waals surface area contributed by atoms with E-state index in [1.165, 1.54) is 29.5 Å². The van der Waals surface area contributed by atoms with Gasteiger partial charge in [0.15, 0.2) is 17.3 Å². The van der Waals surface area contributed by atoms with E-state index in [-0.39, 0.29) is 23.2 Å². The number of ether oxygens (including phenoxy) is 2. The Morgan fingerprint density at radius 1 is 1.31 bits per heavy atom. The van der Waals surface area contributed by atoms with Crippen LogP contribution >= 0.6 is 23.1 Å². The molecule has 0 fully saturated rings. The molecule has 4 rings (SSSR count). The summed E-state index contributed by atoms with van der Waals surface area (Å²) in [5, 5.41) is 11.8. The molecule has 3 aromatic rings. The average Bonchev–Trinajstić information content (AvgIpc) is 3.30. The Kier molecular flexibility index (Phi) is 4.24. The normalized spacial score (nSPS) is 14.4. The Bertz CT molecular complexity index is 946. The SMILES string of the molecule is O=C(CSc1n[nH]c(-c2cccs2)n1)Nc1ccc2c(c1)OC(F)(F)O2. The molecule has 0 radical (unpaired) electrons. The summed E-state index contributed by atoms with van der Waals surface area (Å²) >= 11 is 2.68. The van der Waals surface area contributed by atoms with Gasteiger partial charge in [-0.1, -0.05) is 17.8 Å². The zero-order chi connectivity index (χ0) is 18.1. The fourth-order valence-corrected chi connectivity index (χ4v) is 3.45. The van der Waals surface area contributed by atoms with E-state index in [2.05, 4.69) is 30.0 Å². The van der Waals surface area contributed by atoms with Crippen LogP contribution in [0.5, 0.6) is 11.5 Å². The molecule has 0 bridgehead atoms. The highest BCUT2D eigenvalue weighted by Crippen LogP contribution is 2.42. The van der Waals surface area contributed by atoms with Crippen molar-refractivity contribution in [3.05, 3.63) is 35.7 Å². The van der Waals surface area contributed by atoms with Crippen LogP contribution in [0.2, 0.25) is 0 Å². The first-order chi connectivity index (χ1) is 12.5. The summed E-state index contributed by atoms with van der Waals surface area (Å²) in [6.07, 6.45) is -3.69. The summed E-state index contributed by atoms with van der Waals surface area (Å²) in [5.41, 5.74) is 0.324. The number of hydrogen-bond donors (Lipinski definition) is 2. The molecule has 3 heterocycles. The van der Waals surface area contributed by atoms with Crippen LogP contribution in [0.15, 0.2) is 40.9 Å². The van der Waals surface area contributed by atoms with E-state index >= 15 is 0 Å². The first-order valence-corrected chi connectivity index (χ1v) is 9.14. The largest absolute Gasteiger partial charge is 0.586 e. The van der Waals surface area contributed by atoms with Crippen molar-refractivity contribution in [1.82, 2.24) is 15.2 Å². The third kappa shape index (κ3) is 3.63. The first-order valence-electron chi connectivity index (χ1n) is 7.27. The second kappa shape index (κ2) is 6.57. The van der Waals surface area contributed by atoms with Crippen LogP contribution in [-0.4, -0.2) is 33.1 Å². The van der Waals surface area contributed by atoms with Crippen LogP contribution in [0, 0.1) is 0 Å². The molecule has 1 aliphatic heterocycles. The summed E-state index contributed by atoms with van der Waals surface area (Å²) in [4.78, 5) is 17.3. The lowest BCUT2D eigenvalue weighted by atomic mass is 10.3. The number of nitrogens with zero attached hydrogens (tertiary/aromatic N) is 2. The van der Waals surface area contributed by atoms with Gasteiger partial charge in [0.2, 0.25) is 11.1 Å². The van der Waals surface area contributed by atoms with E-state index in [4.69, 9.17) is 0 Å². The Hall–Kier alpha value is -2.66. The summed E-state index contributed by atoms with van der Waals surface area (Å²) in [7, 11) is 0. The molecule has 0 unspecified atom stereocenters. The van der Waals surface area contributed by atoms with Gasteiger partial charge in [0.05, 0.1) is 10.6 Å². The van der Waals surface area contributed by atoms with Gasteiger partial charge in [0.1, 0.15) is 0 Å². The lowest BCUT2D eigenvalue weighted by molar-refractivity contribution is -0.286. The van der Waals surface area contributed by atoms with E-state index in [0.717, 1.165) is 16.6 Å². The number of aromatic nitrogens is 3. The second-order valence-electron chi connectivity index (χ2n) is 5.11. The van der Waals surface area contributed by atoms with Crippen molar-refractivity contribution >= 4 is 34.7 Å². The Balaban J connectivity index is 1.34. The van der Waals surface area contributed by atoms with Crippen LogP contribution in [0.25, 0.3) is 10.7 Å². The first kappa shape index (κ1) is 16.8. The third-order valence-electron chi connectivity index (χ3n) is 3.24. The molecule has 11 heteroatoms. The fraction of sp³-hybridized carbons (Fsp3) is 0.133. The number of thioether (sulfide) groups is 1. The highest BCUT2D eigenvalue weighted by atomic mass is 32.2. The molecule has 1 aromatic carbocycles. The number of aromatic amines is 1. The van der Waals surface area contributed by atoms with Crippen molar-refractivity contribution < 1.29 is 23.0 Å². The van der Waals surface area contributed by atoms with Gasteiger partial charge >= 0.3 is 6.29 Å². The molecule has 26 heavy (non-hydrogen) atoms. The topological polar surface area (TPSA) is 89.1 Å². The lowest BCUT2D eigenvalue weighted by Gasteiger charge is -2.05. The van der Waals surface area contributed by atoms with Crippen LogP contribution in [-0.2, 0) is 4.79 Å². The predicted molar refractivity (Wildman–Crippen MR) is 91.7 cm³/mol. The van der Waals surface area contributed by atoms with E-state index in [1.54, 1.807) is 0 Å². The van der Waals surface area contributed by atoms with Gasteiger partial charge in [-0.2, -0.15) is 0 Å². The molecule has 0 atom stereocenters. The summed E-state index contributed by atoms with van der Waals surface area (Å²) < 4.78 is 34.6. The molecular weight excluding hydrogens is 386 g/mol. The Morgan fingerprint density at radius 3 is 2.96 bits per heavy atom. The van der Waals surface area contributed by atoms with Crippen molar-refractivity contribution in [2.24, 2.45) is 0 Å². The van der Waals surface area contributed by atoms with Crippen molar-refractivity contribution in [3.63, 3.8) is 0 Å². The number of nitrogens with one attached hydrogen (secondary N) is 2. The number of thiophene rings is 1. The van der Waals surface area contributed by atoms with Crippen LogP contribution in [0.4, 0.5) is 14.5 Å². The van der Waals surface area contributed by atoms with Gasteiger partial charge in [-0.25, -0.2) is 4.98 Å². The third-order valence-corrected chi connectivity index (χ3v) is 4.96. The van der Waals surface area contributed by atoms with E-state index in [1.807, 2.05) is 17.5 Å². The van der Waals surface area contributed by atoms with Gasteiger partial charge in [-0.3, -0.25) is 9.89 Å². The van der Waals surface area contributed by atoms with Crippen molar-refractivity contribution in [2.75, 3.05) is 11.1 Å². The molecule has 7 nitrogen and oxygen atoms in total. The standard InChI is InChI=1S/C15H10F2N4O3S2/c16-15(17)23-9-4-3-8(6-10(9)24-15)18-12(22)7-26-14-19-13(20-21-14)11-2-1-5-25-11/h1-6H,7H2,(H,18,22)(H,19,20,21). The van der Waals surface area contributed by atoms with E-state index in [0.29, 0.717) is 16.7 Å². The molecule has 0 saturated heterocycles. The Morgan fingerprint density at radius 2 is 2.15 bits per heavy atom. The van der Waals surface area contributed by atoms with Crippen LogP contribution < -0.4 is 14.8 Å². The van der Waals surface area contributed by atoms with Gasteiger partial charge in [-0.05, 0) is 23.6 Å². The summed E-state index contributed by atoms with van der Waals surface area (Å²) in [6, 6.07) is 7.86. The molecule has 0 saturated carbocycles. The van der Waals surface area contributed by atoms with Crippen LogP contribution in [0.3, 0.4) is 0 Å². The van der Waals surface area contributed by atoms with Gasteiger partial charge in [0.25, 0.3) is 0 Å². The summed E-state index contributed by atoms with van der Waals surface area (Å²) in [6.45, 7) is 0. The minimum Gasteiger partial charge on any atom is -0.395 e. The van der Waals surface area contributed by atoms with E-state index in [9.17, 15) is 13.6 Å². The fourth-order valence-electron chi connectivity index (χ4n) is 2.19.